The van der Waals surface area contributed by atoms with Gasteiger partial charge in [-0.3, -0.25) is 4.98 Å². The summed E-state index contributed by atoms with van der Waals surface area (Å²) in [5, 5.41) is 4.00. The summed E-state index contributed by atoms with van der Waals surface area (Å²) in [6.45, 7) is 0.343. The zero-order valence-corrected chi connectivity index (χ0v) is 14.6. The van der Waals surface area contributed by atoms with Crippen LogP contribution in [0.5, 0.6) is 0 Å². The van der Waals surface area contributed by atoms with Crippen molar-refractivity contribution in [1.29, 1.82) is 0 Å². The summed E-state index contributed by atoms with van der Waals surface area (Å²) in [6, 6.07) is 7.73. The van der Waals surface area contributed by atoms with Crippen LogP contribution in [0.25, 0.3) is 0 Å². The molecule has 0 saturated carbocycles. The van der Waals surface area contributed by atoms with Crippen LogP contribution >= 0.6 is 0 Å². The first kappa shape index (κ1) is 18.8. The van der Waals surface area contributed by atoms with Gasteiger partial charge in [0.1, 0.15) is 6.33 Å². The van der Waals surface area contributed by atoms with Gasteiger partial charge in [-0.25, -0.2) is 17.8 Å². The quantitative estimate of drug-likeness (QED) is 0.691. The van der Waals surface area contributed by atoms with Crippen molar-refractivity contribution in [3.8, 4) is 0 Å². The van der Waals surface area contributed by atoms with Gasteiger partial charge in [-0.2, -0.15) is 18.2 Å². The highest BCUT2D eigenvalue weighted by Crippen LogP contribution is 2.29. The Hall–Kier alpha value is -2.95. The molecule has 1 aromatic carbocycles. The molecule has 0 saturated heterocycles. The molecule has 142 valence electrons. The van der Waals surface area contributed by atoms with E-state index in [0.717, 1.165) is 23.8 Å². The third kappa shape index (κ3) is 5.26. The lowest BCUT2D eigenvalue weighted by molar-refractivity contribution is -0.137. The zero-order valence-electron chi connectivity index (χ0n) is 13.8. The van der Waals surface area contributed by atoms with Crippen LogP contribution in [0.1, 0.15) is 16.7 Å². The molecule has 0 aliphatic rings. The molecule has 2 heterocycles. The van der Waals surface area contributed by atoms with E-state index >= 15 is 0 Å². The molecule has 0 atom stereocenters. The maximum Gasteiger partial charge on any atom is 0.416 e. The minimum atomic E-state index is -4.54. The molecule has 0 bridgehead atoms. The molecule has 0 amide bonds. The van der Waals surface area contributed by atoms with Crippen molar-refractivity contribution in [2.75, 3.05) is 4.72 Å². The predicted octanol–water partition coefficient (Wildman–Crippen LogP) is 2.68. The van der Waals surface area contributed by atoms with E-state index < -0.39 is 27.5 Å². The Bertz CT molecular complexity index is 1020. The number of halogens is 3. The van der Waals surface area contributed by atoms with Crippen LogP contribution in [-0.4, -0.2) is 28.2 Å². The molecule has 0 aliphatic carbocycles. The van der Waals surface area contributed by atoms with Crippen molar-refractivity contribution in [3.05, 3.63) is 71.8 Å². The van der Waals surface area contributed by atoms with Gasteiger partial charge in [0, 0.05) is 12.4 Å². The van der Waals surface area contributed by atoms with E-state index in [4.69, 9.17) is 0 Å². The fourth-order valence-electron chi connectivity index (χ4n) is 2.33. The van der Waals surface area contributed by atoms with Crippen LogP contribution in [0.4, 0.5) is 19.1 Å². The van der Waals surface area contributed by atoms with Gasteiger partial charge in [0.15, 0.2) is 0 Å². The fourth-order valence-corrected chi connectivity index (χ4v) is 3.39. The average molecular weight is 397 g/mol. The second-order valence-corrected chi connectivity index (χ2v) is 7.41. The van der Waals surface area contributed by atoms with E-state index in [0.29, 0.717) is 6.54 Å². The summed E-state index contributed by atoms with van der Waals surface area (Å²) >= 11 is 0. The minimum absolute atomic E-state index is 0.00659. The smallest absolute Gasteiger partial charge is 0.264 e. The van der Waals surface area contributed by atoms with Gasteiger partial charge >= 0.3 is 6.18 Å². The molecular weight excluding hydrogens is 383 g/mol. The van der Waals surface area contributed by atoms with Crippen molar-refractivity contribution < 1.29 is 21.6 Å². The topological polar surface area (TPSA) is 89.8 Å². The molecule has 1 N–H and O–H groups in total. The highest BCUT2D eigenvalue weighted by molar-refractivity contribution is 7.91. The number of rotatable bonds is 6. The third-order valence-electron chi connectivity index (χ3n) is 3.46. The summed E-state index contributed by atoms with van der Waals surface area (Å²) in [4.78, 5) is 7.82. The summed E-state index contributed by atoms with van der Waals surface area (Å²) in [6.07, 6.45) is 0.0618. The highest BCUT2D eigenvalue weighted by atomic mass is 32.2. The number of benzene rings is 1. The van der Waals surface area contributed by atoms with Crippen molar-refractivity contribution in [3.63, 3.8) is 0 Å². The van der Waals surface area contributed by atoms with Crippen LogP contribution in [0.15, 0.2) is 55.1 Å². The molecule has 0 aliphatic heterocycles. The number of anilines is 1. The monoisotopic (exact) mass is 397 g/mol. The molecule has 0 unspecified atom stereocenters. The van der Waals surface area contributed by atoms with Crippen LogP contribution in [0.2, 0.25) is 0 Å². The Morgan fingerprint density at radius 1 is 1.11 bits per heavy atom. The fraction of sp³-hybridized carbons (Fsp3) is 0.188. The molecule has 0 spiro atoms. The van der Waals surface area contributed by atoms with Crippen LogP contribution in [-0.2, 0) is 28.5 Å². The first-order chi connectivity index (χ1) is 12.7. The highest BCUT2D eigenvalue weighted by Gasteiger charge is 2.30. The zero-order chi connectivity index (χ0) is 19.5. The number of nitrogens with zero attached hydrogens (tertiary/aromatic N) is 4. The SMILES string of the molecule is O=S(=O)(Cc1cccc(C(F)(F)F)c1)Nc1ncn(Cc2cccnc2)n1. The standard InChI is InChI=1S/C16H14F3N5O2S/c17-16(18,19)14-5-1-3-12(7-14)10-27(25,26)23-15-21-11-24(22-15)9-13-4-2-6-20-8-13/h1-8,11H,9-10H2,(H,22,23). The number of aromatic nitrogens is 4. The molecular formula is C16H14F3N5O2S. The Balaban J connectivity index is 1.68. The summed E-state index contributed by atoms with van der Waals surface area (Å²) in [5.41, 5.74) is -0.0537. The molecule has 3 rings (SSSR count). The van der Waals surface area contributed by atoms with Gasteiger partial charge in [0.2, 0.25) is 10.0 Å². The molecule has 0 radical (unpaired) electrons. The van der Waals surface area contributed by atoms with E-state index in [2.05, 4.69) is 19.8 Å². The average Bonchev–Trinajstić information content (AvgIpc) is 3.01. The lowest BCUT2D eigenvalue weighted by Gasteiger charge is -2.09. The van der Waals surface area contributed by atoms with Gasteiger partial charge < -0.3 is 0 Å². The van der Waals surface area contributed by atoms with E-state index in [1.807, 2.05) is 6.07 Å². The largest absolute Gasteiger partial charge is 0.416 e. The summed E-state index contributed by atoms with van der Waals surface area (Å²) in [7, 11) is -3.98. The van der Waals surface area contributed by atoms with E-state index in [1.54, 1.807) is 18.5 Å². The van der Waals surface area contributed by atoms with Gasteiger partial charge in [-0.1, -0.05) is 24.3 Å². The molecule has 3 aromatic rings. The molecule has 11 heteroatoms. The lowest BCUT2D eigenvalue weighted by Crippen LogP contribution is -2.17. The number of sulfonamides is 1. The Labute approximate surface area is 152 Å². The van der Waals surface area contributed by atoms with Crippen LogP contribution in [0.3, 0.4) is 0 Å². The van der Waals surface area contributed by atoms with Gasteiger partial charge in [-0.05, 0) is 23.3 Å². The Morgan fingerprint density at radius 3 is 2.59 bits per heavy atom. The van der Waals surface area contributed by atoms with Crippen molar-refractivity contribution >= 4 is 16.0 Å². The second-order valence-electron chi connectivity index (χ2n) is 5.69. The summed E-state index contributed by atoms with van der Waals surface area (Å²) in [5.74, 6) is -0.792. The van der Waals surface area contributed by atoms with E-state index in [9.17, 15) is 21.6 Å². The summed E-state index contributed by atoms with van der Waals surface area (Å²) < 4.78 is 66.2. The van der Waals surface area contributed by atoms with Gasteiger partial charge in [-0.15, -0.1) is 5.10 Å². The predicted molar refractivity (Wildman–Crippen MR) is 91.1 cm³/mol. The van der Waals surface area contributed by atoms with E-state index in [-0.39, 0.29) is 11.5 Å². The molecule has 27 heavy (non-hydrogen) atoms. The molecule has 2 aromatic heterocycles. The lowest BCUT2D eigenvalue weighted by atomic mass is 10.1. The van der Waals surface area contributed by atoms with Crippen molar-refractivity contribution in [2.24, 2.45) is 0 Å². The van der Waals surface area contributed by atoms with E-state index in [1.165, 1.54) is 17.1 Å². The van der Waals surface area contributed by atoms with Crippen LogP contribution < -0.4 is 4.72 Å². The number of pyridine rings is 1. The minimum Gasteiger partial charge on any atom is -0.264 e. The van der Waals surface area contributed by atoms with Crippen molar-refractivity contribution in [1.82, 2.24) is 19.7 Å². The first-order valence-corrected chi connectivity index (χ1v) is 9.31. The van der Waals surface area contributed by atoms with Gasteiger partial charge in [0.25, 0.3) is 5.95 Å². The Kier molecular flexibility index (Phi) is 5.13. The molecule has 7 nitrogen and oxygen atoms in total. The maximum absolute atomic E-state index is 12.7. The number of nitrogens with one attached hydrogen (secondary N) is 1. The maximum atomic E-state index is 12.7. The third-order valence-corrected chi connectivity index (χ3v) is 4.67. The Morgan fingerprint density at radius 2 is 1.89 bits per heavy atom. The number of hydrogen-bond donors (Lipinski definition) is 1. The molecule has 0 fully saturated rings. The van der Waals surface area contributed by atoms with Crippen molar-refractivity contribution in [2.45, 2.75) is 18.5 Å². The van der Waals surface area contributed by atoms with Crippen LogP contribution in [0, 0.1) is 0 Å². The number of hydrogen-bond acceptors (Lipinski definition) is 5. The number of alkyl halides is 3. The van der Waals surface area contributed by atoms with Gasteiger partial charge in [0.05, 0.1) is 17.9 Å². The normalized spacial score (nSPS) is 12.1. The first-order valence-electron chi connectivity index (χ1n) is 7.66. The second kappa shape index (κ2) is 7.35.